The lowest BCUT2D eigenvalue weighted by Gasteiger charge is -2.29. The molecule has 1 amide bonds. The third-order valence-corrected chi connectivity index (χ3v) is 6.93. The largest absolute Gasteiger partial charge is 0.349 e. The molecule has 0 unspecified atom stereocenters. The van der Waals surface area contributed by atoms with Gasteiger partial charge in [0.2, 0.25) is 5.95 Å². The summed E-state index contributed by atoms with van der Waals surface area (Å²) in [5.74, 6) is 0.512. The number of aromatic nitrogens is 2. The number of anilines is 2. The van der Waals surface area contributed by atoms with E-state index in [9.17, 15) is 4.79 Å². The molecule has 6 nitrogen and oxygen atoms in total. The zero-order valence-corrected chi connectivity index (χ0v) is 18.7. The molecule has 32 heavy (non-hydrogen) atoms. The van der Waals surface area contributed by atoms with Crippen LogP contribution < -0.4 is 10.6 Å². The molecular formula is C25H25N5OS. The number of nitrogens with one attached hydrogen (secondary N) is 2. The summed E-state index contributed by atoms with van der Waals surface area (Å²) in [7, 11) is 2.12. The molecule has 0 atom stereocenters. The van der Waals surface area contributed by atoms with E-state index in [1.807, 2.05) is 42.5 Å². The van der Waals surface area contributed by atoms with Crippen LogP contribution in [-0.4, -0.2) is 47.0 Å². The van der Waals surface area contributed by atoms with Crippen molar-refractivity contribution in [2.75, 3.05) is 25.5 Å². The van der Waals surface area contributed by atoms with Gasteiger partial charge in [-0.2, -0.15) is 0 Å². The van der Waals surface area contributed by atoms with Gasteiger partial charge in [-0.05, 0) is 80.8 Å². The number of carbonyl (C=O) groups excluding carboxylic acids is 1. The van der Waals surface area contributed by atoms with Gasteiger partial charge in [0.15, 0.2) is 0 Å². The Morgan fingerprint density at radius 1 is 1.06 bits per heavy atom. The quantitative estimate of drug-likeness (QED) is 0.458. The van der Waals surface area contributed by atoms with E-state index in [-0.39, 0.29) is 11.9 Å². The van der Waals surface area contributed by atoms with E-state index >= 15 is 0 Å². The van der Waals surface area contributed by atoms with Crippen LogP contribution in [0.4, 0.5) is 11.6 Å². The van der Waals surface area contributed by atoms with E-state index in [0.29, 0.717) is 11.5 Å². The van der Waals surface area contributed by atoms with Gasteiger partial charge in [0.25, 0.3) is 5.91 Å². The Morgan fingerprint density at radius 2 is 1.84 bits per heavy atom. The van der Waals surface area contributed by atoms with Gasteiger partial charge in [0, 0.05) is 28.2 Å². The van der Waals surface area contributed by atoms with Crippen LogP contribution in [0.25, 0.3) is 20.7 Å². The Bertz CT molecular complexity index is 1200. The van der Waals surface area contributed by atoms with Crippen molar-refractivity contribution in [3.05, 3.63) is 72.4 Å². The highest BCUT2D eigenvalue weighted by atomic mass is 32.1. The number of likely N-dealkylation sites (tertiary alicyclic amines) is 1. The molecule has 0 spiro atoms. The maximum atomic E-state index is 12.6. The second-order valence-corrected chi connectivity index (χ2v) is 9.25. The highest BCUT2D eigenvalue weighted by molar-refractivity contribution is 7.22. The third kappa shape index (κ3) is 4.64. The topological polar surface area (TPSA) is 70.2 Å². The molecule has 0 saturated carbocycles. The molecule has 4 aromatic rings. The molecular weight excluding hydrogens is 418 g/mol. The first-order chi connectivity index (χ1) is 15.6. The molecule has 0 radical (unpaired) electrons. The summed E-state index contributed by atoms with van der Waals surface area (Å²) in [5, 5.41) is 7.61. The summed E-state index contributed by atoms with van der Waals surface area (Å²) >= 11 is 1.72. The lowest BCUT2D eigenvalue weighted by atomic mass is 10.0. The number of hydrogen-bond acceptors (Lipinski definition) is 6. The van der Waals surface area contributed by atoms with Gasteiger partial charge in [0.1, 0.15) is 0 Å². The maximum absolute atomic E-state index is 12.6. The van der Waals surface area contributed by atoms with E-state index in [1.165, 1.54) is 10.1 Å². The molecule has 5 rings (SSSR count). The number of benzene rings is 2. The molecule has 1 aliphatic rings. The Labute approximate surface area is 191 Å². The van der Waals surface area contributed by atoms with Crippen LogP contribution in [0.3, 0.4) is 0 Å². The van der Waals surface area contributed by atoms with Crippen LogP contribution >= 0.6 is 11.3 Å². The molecule has 7 heteroatoms. The van der Waals surface area contributed by atoms with Gasteiger partial charge in [-0.1, -0.05) is 18.2 Å². The van der Waals surface area contributed by atoms with E-state index in [4.69, 9.17) is 0 Å². The van der Waals surface area contributed by atoms with Crippen molar-refractivity contribution < 1.29 is 4.79 Å². The van der Waals surface area contributed by atoms with E-state index in [0.717, 1.165) is 42.2 Å². The first-order valence-electron chi connectivity index (χ1n) is 10.8. The van der Waals surface area contributed by atoms with Crippen molar-refractivity contribution in [3.8, 4) is 10.6 Å². The molecule has 0 aliphatic carbocycles. The molecule has 1 fully saturated rings. The lowest BCUT2D eigenvalue weighted by Crippen LogP contribution is -2.43. The van der Waals surface area contributed by atoms with Crippen LogP contribution in [-0.2, 0) is 0 Å². The number of piperidine rings is 1. The van der Waals surface area contributed by atoms with Crippen molar-refractivity contribution >= 4 is 39.0 Å². The standard InChI is InChI=1S/C25H25N5OS/c1-30-14-11-20(12-15-30)27-24(31)17-6-8-19(9-7-17)28-25-26-13-10-21(29-25)23-16-18-4-2-3-5-22(18)32-23/h2-10,13,16,20H,11-12,14-15H2,1H3,(H,27,31)(H,26,28,29). The van der Waals surface area contributed by atoms with E-state index in [1.54, 1.807) is 17.5 Å². The van der Waals surface area contributed by atoms with Crippen molar-refractivity contribution in [3.63, 3.8) is 0 Å². The van der Waals surface area contributed by atoms with Crippen LogP contribution in [0.15, 0.2) is 66.9 Å². The summed E-state index contributed by atoms with van der Waals surface area (Å²) in [6, 6.07) is 20.1. The minimum Gasteiger partial charge on any atom is -0.349 e. The smallest absolute Gasteiger partial charge is 0.251 e. The van der Waals surface area contributed by atoms with Crippen molar-refractivity contribution in [1.82, 2.24) is 20.2 Å². The predicted octanol–water partition coefficient (Wildman–Crippen LogP) is 4.93. The summed E-state index contributed by atoms with van der Waals surface area (Å²) < 4.78 is 1.24. The number of hydrogen-bond donors (Lipinski definition) is 2. The van der Waals surface area contributed by atoms with Crippen LogP contribution in [0.2, 0.25) is 0 Å². The average Bonchev–Trinajstić information content (AvgIpc) is 3.26. The first kappa shape index (κ1) is 20.6. The van der Waals surface area contributed by atoms with Crippen molar-refractivity contribution in [2.45, 2.75) is 18.9 Å². The monoisotopic (exact) mass is 443 g/mol. The summed E-state index contributed by atoms with van der Waals surface area (Å²) in [6.07, 6.45) is 3.75. The number of amides is 1. The van der Waals surface area contributed by atoms with Crippen LogP contribution in [0.5, 0.6) is 0 Å². The second-order valence-electron chi connectivity index (χ2n) is 8.17. The molecule has 1 aliphatic heterocycles. The molecule has 1 saturated heterocycles. The zero-order valence-electron chi connectivity index (χ0n) is 17.9. The summed E-state index contributed by atoms with van der Waals surface area (Å²) in [6.45, 7) is 2.04. The molecule has 162 valence electrons. The fraction of sp³-hybridized carbons (Fsp3) is 0.240. The maximum Gasteiger partial charge on any atom is 0.251 e. The van der Waals surface area contributed by atoms with Crippen molar-refractivity contribution in [1.29, 1.82) is 0 Å². The Morgan fingerprint density at radius 3 is 2.62 bits per heavy atom. The number of thiophene rings is 1. The number of carbonyl (C=O) groups is 1. The van der Waals surface area contributed by atoms with E-state index in [2.05, 4.69) is 50.7 Å². The Kier molecular flexibility index (Phi) is 5.83. The highest BCUT2D eigenvalue weighted by Crippen LogP contribution is 2.32. The van der Waals surface area contributed by atoms with Gasteiger partial charge in [-0.25, -0.2) is 9.97 Å². The minimum absolute atomic E-state index is 0.0193. The predicted molar refractivity (Wildman–Crippen MR) is 131 cm³/mol. The van der Waals surface area contributed by atoms with Gasteiger partial charge in [0.05, 0.1) is 10.6 Å². The third-order valence-electron chi connectivity index (χ3n) is 5.79. The fourth-order valence-corrected chi connectivity index (χ4v) is 4.95. The molecule has 3 heterocycles. The highest BCUT2D eigenvalue weighted by Gasteiger charge is 2.19. The Hall–Kier alpha value is -3.29. The van der Waals surface area contributed by atoms with Crippen LogP contribution in [0.1, 0.15) is 23.2 Å². The average molecular weight is 444 g/mol. The van der Waals surface area contributed by atoms with Gasteiger partial charge in [-0.15, -0.1) is 11.3 Å². The van der Waals surface area contributed by atoms with Gasteiger partial charge < -0.3 is 15.5 Å². The molecule has 2 aromatic carbocycles. The summed E-state index contributed by atoms with van der Waals surface area (Å²) in [4.78, 5) is 25.0. The van der Waals surface area contributed by atoms with E-state index < -0.39 is 0 Å². The number of nitrogens with zero attached hydrogens (tertiary/aromatic N) is 3. The molecule has 0 bridgehead atoms. The van der Waals surface area contributed by atoms with Crippen LogP contribution in [0, 0.1) is 0 Å². The van der Waals surface area contributed by atoms with Crippen molar-refractivity contribution in [2.24, 2.45) is 0 Å². The molecule has 2 aromatic heterocycles. The first-order valence-corrected chi connectivity index (χ1v) is 11.6. The lowest BCUT2D eigenvalue weighted by molar-refractivity contribution is 0.0917. The molecule has 2 N–H and O–H groups in total. The zero-order chi connectivity index (χ0) is 21.9. The van der Waals surface area contributed by atoms with Gasteiger partial charge >= 0.3 is 0 Å². The Balaban J connectivity index is 1.25. The normalized spacial score (nSPS) is 15.0. The van der Waals surface area contributed by atoms with Gasteiger partial charge in [-0.3, -0.25) is 4.79 Å². The number of rotatable bonds is 5. The second kappa shape index (κ2) is 9.06. The fourth-order valence-electron chi connectivity index (χ4n) is 3.92. The summed E-state index contributed by atoms with van der Waals surface area (Å²) in [5.41, 5.74) is 2.39. The minimum atomic E-state index is -0.0193. The number of fused-ring (bicyclic) bond motifs is 1. The SMILES string of the molecule is CN1CCC(NC(=O)c2ccc(Nc3nccc(-c4cc5ccccc5s4)n3)cc2)CC1.